The summed E-state index contributed by atoms with van der Waals surface area (Å²) in [6.45, 7) is 8.95. The number of anilines is 3. The van der Waals surface area contributed by atoms with Gasteiger partial charge in [0, 0.05) is 16.4 Å². The van der Waals surface area contributed by atoms with Crippen molar-refractivity contribution in [3.05, 3.63) is 99.6 Å². The standard InChI is InChI=1S/C31H22N4S/c1-30(2)22-8-5-6-11-25(22)35-27-23(30)9-7-10-24(27)31(3,4)26-21(17-34)28(36-29(26)35)18-12-13-19(15-32)20(14-18)16-33/h5-14H,1-4H3. The minimum atomic E-state index is -0.399. The average Bonchev–Trinajstić information content (AvgIpc) is 3.28. The molecule has 0 atom stereocenters. The second-order valence-electron chi connectivity index (χ2n) is 10.4. The molecule has 0 unspecified atom stereocenters. The van der Waals surface area contributed by atoms with Crippen molar-refractivity contribution >= 4 is 27.7 Å². The molecule has 6 rings (SSSR count). The highest BCUT2D eigenvalue weighted by atomic mass is 32.1. The molecular weight excluding hydrogens is 460 g/mol. The normalized spacial score (nSPS) is 15.5. The van der Waals surface area contributed by atoms with Crippen LogP contribution in [0.15, 0.2) is 60.7 Å². The van der Waals surface area contributed by atoms with Crippen LogP contribution >= 0.6 is 11.3 Å². The topological polar surface area (TPSA) is 74.6 Å². The van der Waals surface area contributed by atoms with Crippen molar-refractivity contribution < 1.29 is 0 Å². The Balaban J connectivity index is 1.72. The van der Waals surface area contributed by atoms with Gasteiger partial charge in [0.05, 0.1) is 32.9 Å². The zero-order chi connectivity index (χ0) is 25.4. The van der Waals surface area contributed by atoms with Crippen LogP contribution in [0, 0.1) is 34.0 Å². The lowest BCUT2D eigenvalue weighted by atomic mass is 9.67. The lowest BCUT2D eigenvalue weighted by Crippen LogP contribution is -2.37. The third kappa shape index (κ3) is 2.66. The van der Waals surface area contributed by atoms with Crippen LogP contribution in [0.4, 0.5) is 16.4 Å². The molecule has 3 aromatic carbocycles. The highest BCUT2D eigenvalue weighted by molar-refractivity contribution is 7.20. The highest BCUT2D eigenvalue weighted by Crippen LogP contribution is 2.63. The van der Waals surface area contributed by atoms with E-state index in [-0.39, 0.29) is 5.41 Å². The van der Waals surface area contributed by atoms with E-state index in [0.717, 1.165) is 26.7 Å². The average molecular weight is 483 g/mol. The molecule has 0 fully saturated rings. The Bertz CT molecular complexity index is 1730. The molecule has 4 aromatic rings. The molecular formula is C31H22N4S. The minimum absolute atomic E-state index is 0.168. The fourth-order valence-corrected chi connectivity index (χ4v) is 7.37. The molecule has 0 saturated carbocycles. The predicted octanol–water partition coefficient (Wildman–Crippen LogP) is 7.78. The summed E-state index contributed by atoms with van der Waals surface area (Å²) < 4.78 is 0. The summed E-state index contributed by atoms with van der Waals surface area (Å²) in [7, 11) is 0. The van der Waals surface area contributed by atoms with Crippen molar-refractivity contribution in [2.75, 3.05) is 4.90 Å². The van der Waals surface area contributed by atoms with E-state index in [4.69, 9.17) is 0 Å². The SMILES string of the molecule is CC1(C)c2ccccc2N2c3sc(-c4ccc(C#N)c(C#N)c4)c(C#N)c3C(C)(C)c3cccc1c32. The van der Waals surface area contributed by atoms with Crippen molar-refractivity contribution in [2.45, 2.75) is 38.5 Å². The van der Waals surface area contributed by atoms with Gasteiger partial charge in [-0.2, -0.15) is 15.8 Å². The zero-order valence-electron chi connectivity index (χ0n) is 20.5. The Labute approximate surface area is 214 Å². The number of rotatable bonds is 1. The molecule has 0 amide bonds. The third-order valence-electron chi connectivity index (χ3n) is 7.78. The van der Waals surface area contributed by atoms with Gasteiger partial charge in [0.15, 0.2) is 0 Å². The Morgan fingerprint density at radius 2 is 1.39 bits per heavy atom. The molecule has 4 nitrogen and oxygen atoms in total. The minimum Gasteiger partial charge on any atom is -0.301 e. The maximum absolute atomic E-state index is 10.5. The van der Waals surface area contributed by atoms with E-state index in [1.807, 2.05) is 6.07 Å². The lowest BCUT2D eigenvalue weighted by Gasteiger charge is -2.48. The van der Waals surface area contributed by atoms with Gasteiger partial charge in [0.1, 0.15) is 23.2 Å². The Morgan fingerprint density at radius 1 is 0.722 bits per heavy atom. The number of hydrogen-bond acceptors (Lipinski definition) is 5. The van der Waals surface area contributed by atoms with Crippen LogP contribution in [0.25, 0.3) is 10.4 Å². The van der Waals surface area contributed by atoms with Crippen molar-refractivity contribution in [1.82, 2.24) is 0 Å². The van der Waals surface area contributed by atoms with Gasteiger partial charge in [-0.25, -0.2) is 0 Å². The van der Waals surface area contributed by atoms with E-state index in [0.29, 0.717) is 16.7 Å². The first-order valence-corrected chi connectivity index (χ1v) is 12.6. The first-order valence-electron chi connectivity index (χ1n) is 11.8. The number of fused-ring (bicyclic) bond motifs is 4. The summed E-state index contributed by atoms with van der Waals surface area (Å²) in [6, 6.07) is 27.0. The van der Waals surface area contributed by atoms with Gasteiger partial charge < -0.3 is 4.90 Å². The van der Waals surface area contributed by atoms with Gasteiger partial charge >= 0.3 is 0 Å². The molecule has 0 bridgehead atoms. The Morgan fingerprint density at radius 3 is 2.08 bits per heavy atom. The van der Waals surface area contributed by atoms with Crippen LogP contribution in [0.2, 0.25) is 0 Å². The first kappa shape index (κ1) is 22.1. The fraction of sp³-hybridized carbons (Fsp3) is 0.194. The monoisotopic (exact) mass is 482 g/mol. The van der Waals surface area contributed by atoms with Crippen LogP contribution in [0.5, 0.6) is 0 Å². The first-order chi connectivity index (χ1) is 17.2. The summed E-state index contributed by atoms with van der Waals surface area (Å²) in [4.78, 5) is 3.17. The number of thiophene rings is 1. The summed E-state index contributed by atoms with van der Waals surface area (Å²) in [5.41, 5.74) is 8.58. The maximum atomic E-state index is 10.5. The smallest absolute Gasteiger partial charge is 0.106 e. The second kappa shape index (κ2) is 7.32. The largest absolute Gasteiger partial charge is 0.301 e. The summed E-state index contributed by atoms with van der Waals surface area (Å²) in [6.07, 6.45) is 0. The number of hydrogen-bond donors (Lipinski definition) is 0. The van der Waals surface area contributed by atoms with Crippen molar-refractivity contribution in [2.24, 2.45) is 0 Å². The summed E-state index contributed by atoms with van der Waals surface area (Å²) >= 11 is 1.59. The Kier molecular flexibility index (Phi) is 4.49. The van der Waals surface area contributed by atoms with Gasteiger partial charge in [0.25, 0.3) is 0 Å². The number of benzene rings is 3. The molecule has 0 aliphatic carbocycles. The van der Waals surface area contributed by atoms with Crippen LogP contribution in [-0.4, -0.2) is 0 Å². The fourth-order valence-electron chi connectivity index (χ4n) is 5.94. The molecule has 2 aliphatic heterocycles. The molecule has 0 N–H and O–H groups in total. The molecule has 2 aliphatic rings. The van der Waals surface area contributed by atoms with Crippen LogP contribution in [0.1, 0.15) is 66.6 Å². The maximum Gasteiger partial charge on any atom is 0.106 e. The van der Waals surface area contributed by atoms with Crippen LogP contribution < -0.4 is 4.90 Å². The van der Waals surface area contributed by atoms with E-state index in [2.05, 4.69) is 93.3 Å². The van der Waals surface area contributed by atoms with Gasteiger partial charge in [-0.1, -0.05) is 70.2 Å². The predicted molar refractivity (Wildman–Crippen MR) is 143 cm³/mol. The van der Waals surface area contributed by atoms with E-state index >= 15 is 0 Å². The van der Waals surface area contributed by atoms with E-state index < -0.39 is 5.41 Å². The van der Waals surface area contributed by atoms with Gasteiger partial charge in [-0.05, 0) is 40.5 Å². The molecule has 172 valence electrons. The zero-order valence-corrected chi connectivity index (χ0v) is 21.3. The molecule has 0 radical (unpaired) electrons. The van der Waals surface area contributed by atoms with Crippen molar-refractivity contribution in [3.8, 4) is 28.6 Å². The van der Waals surface area contributed by atoms with Crippen LogP contribution in [-0.2, 0) is 10.8 Å². The lowest BCUT2D eigenvalue weighted by molar-refractivity contribution is 0.599. The van der Waals surface area contributed by atoms with Gasteiger partial charge in [-0.15, -0.1) is 11.3 Å². The van der Waals surface area contributed by atoms with Crippen LogP contribution in [0.3, 0.4) is 0 Å². The number of nitrogens with zero attached hydrogens (tertiary/aromatic N) is 4. The molecule has 3 heterocycles. The molecule has 5 heteroatoms. The summed E-state index contributed by atoms with van der Waals surface area (Å²) in [5.74, 6) is 0. The quantitative estimate of drug-likeness (QED) is 0.278. The molecule has 0 spiro atoms. The number of para-hydroxylation sites is 2. The third-order valence-corrected chi connectivity index (χ3v) is 9.00. The van der Waals surface area contributed by atoms with Gasteiger partial charge in [0.2, 0.25) is 0 Å². The van der Waals surface area contributed by atoms with E-state index in [1.165, 1.54) is 22.4 Å². The number of nitriles is 3. The van der Waals surface area contributed by atoms with Crippen molar-refractivity contribution in [3.63, 3.8) is 0 Å². The molecule has 1 aromatic heterocycles. The highest BCUT2D eigenvalue weighted by Gasteiger charge is 2.47. The van der Waals surface area contributed by atoms with E-state index in [1.54, 1.807) is 23.5 Å². The van der Waals surface area contributed by atoms with E-state index in [9.17, 15) is 15.8 Å². The second-order valence-corrected chi connectivity index (χ2v) is 11.4. The summed E-state index contributed by atoms with van der Waals surface area (Å²) in [5, 5.41) is 30.5. The molecule has 0 saturated heterocycles. The van der Waals surface area contributed by atoms with Gasteiger partial charge in [-0.3, -0.25) is 0 Å². The van der Waals surface area contributed by atoms with Crippen molar-refractivity contribution in [1.29, 1.82) is 15.8 Å². The Hall–Kier alpha value is -4.37. The molecule has 36 heavy (non-hydrogen) atoms.